The minimum Gasteiger partial charge on any atom is -0.140 e. The molecule has 13 heavy (non-hydrogen) atoms. The van der Waals surface area contributed by atoms with E-state index in [2.05, 4.69) is 38.1 Å². The van der Waals surface area contributed by atoms with Crippen molar-refractivity contribution < 1.29 is 0 Å². The van der Waals surface area contributed by atoms with E-state index in [0.717, 1.165) is 0 Å². The van der Waals surface area contributed by atoms with Gasteiger partial charge in [0.1, 0.15) is 0 Å². The topological polar surface area (TPSA) is 0 Å². The highest BCUT2D eigenvalue weighted by molar-refractivity contribution is 7.19. The van der Waals surface area contributed by atoms with Gasteiger partial charge in [-0.15, -0.1) is 11.3 Å². The Morgan fingerprint density at radius 3 is 2.92 bits per heavy atom. The summed E-state index contributed by atoms with van der Waals surface area (Å²) in [6, 6.07) is 8.90. The number of benzene rings is 1. The lowest BCUT2D eigenvalue weighted by Gasteiger charge is -1.99. The van der Waals surface area contributed by atoms with Gasteiger partial charge in [-0.3, -0.25) is 0 Å². The Labute approximate surface area is 83.2 Å². The lowest BCUT2D eigenvalue weighted by Crippen LogP contribution is -1.81. The zero-order chi connectivity index (χ0) is 9.26. The molecule has 2 rings (SSSR count). The summed E-state index contributed by atoms with van der Waals surface area (Å²) in [6.45, 7) is 4.42. The maximum absolute atomic E-state index is 2.28. The van der Waals surface area contributed by atoms with Gasteiger partial charge in [-0.05, 0) is 30.4 Å². The fraction of sp³-hybridized carbons (Fsp3) is 0.333. The summed E-state index contributed by atoms with van der Waals surface area (Å²) in [4.78, 5) is 1.42. The van der Waals surface area contributed by atoms with Gasteiger partial charge in [0, 0.05) is 9.58 Å². The van der Waals surface area contributed by atoms with E-state index in [1.807, 2.05) is 11.3 Å². The highest BCUT2D eigenvalue weighted by Gasteiger charge is 2.02. The van der Waals surface area contributed by atoms with Gasteiger partial charge in [-0.25, -0.2) is 0 Å². The van der Waals surface area contributed by atoms with E-state index in [1.54, 1.807) is 0 Å². The van der Waals surface area contributed by atoms with Crippen LogP contribution in [0.4, 0.5) is 0 Å². The van der Waals surface area contributed by atoms with Crippen molar-refractivity contribution in [2.24, 2.45) is 0 Å². The second-order valence-corrected chi connectivity index (χ2v) is 4.70. The first-order valence-electron chi connectivity index (χ1n) is 4.79. The molecule has 0 radical (unpaired) electrons. The lowest BCUT2D eigenvalue weighted by molar-refractivity contribution is 0.931. The highest BCUT2D eigenvalue weighted by atomic mass is 32.1. The average molecular weight is 190 g/mol. The molecular formula is C12H14S. The van der Waals surface area contributed by atoms with E-state index in [4.69, 9.17) is 0 Å². The van der Waals surface area contributed by atoms with Gasteiger partial charge >= 0.3 is 0 Å². The second kappa shape index (κ2) is 3.51. The number of hydrogen-bond acceptors (Lipinski definition) is 1. The van der Waals surface area contributed by atoms with Crippen LogP contribution in [0.15, 0.2) is 24.3 Å². The third kappa shape index (κ3) is 1.61. The summed E-state index contributed by atoms with van der Waals surface area (Å²) in [5.41, 5.74) is 1.51. The summed E-state index contributed by atoms with van der Waals surface area (Å²) in [5, 5.41) is 1.41. The van der Waals surface area contributed by atoms with Gasteiger partial charge in [-0.2, -0.15) is 0 Å². The standard InChI is InChI=1S/C12H14S/c1-3-5-10-6-4-7-11-8-9(2)13-12(10)11/h4,6-8H,3,5H2,1-2H3. The number of rotatable bonds is 2. The molecule has 0 bridgehead atoms. The summed E-state index contributed by atoms with van der Waals surface area (Å²) in [5.74, 6) is 0. The summed E-state index contributed by atoms with van der Waals surface area (Å²) >= 11 is 1.92. The summed E-state index contributed by atoms with van der Waals surface area (Å²) in [7, 11) is 0. The number of aryl methyl sites for hydroxylation is 2. The Bertz CT molecular complexity index is 412. The fourth-order valence-electron chi connectivity index (χ4n) is 1.72. The van der Waals surface area contributed by atoms with Crippen LogP contribution in [-0.4, -0.2) is 0 Å². The first-order valence-corrected chi connectivity index (χ1v) is 5.61. The van der Waals surface area contributed by atoms with Gasteiger partial charge in [0.15, 0.2) is 0 Å². The van der Waals surface area contributed by atoms with Crippen LogP contribution < -0.4 is 0 Å². The van der Waals surface area contributed by atoms with Crippen LogP contribution in [-0.2, 0) is 6.42 Å². The molecule has 0 N–H and O–H groups in total. The molecule has 0 atom stereocenters. The van der Waals surface area contributed by atoms with Crippen molar-refractivity contribution in [3.05, 3.63) is 34.7 Å². The SMILES string of the molecule is CCCc1cccc2cc(C)sc12. The largest absolute Gasteiger partial charge is 0.140 e. The van der Waals surface area contributed by atoms with Crippen LogP contribution in [0, 0.1) is 6.92 Å². The molecular weight excluding hydrogens is 176 g/mol. The van der Waals surface area contributed by atoms with Gasteiger partial charge in [-0.1, -0.05) is 31.5 Å². The molecule has 1 heteroatoms. The molecule has 1 aromatic heterocycles. The van der Waals surface area contributed by atoms with Crippen LogP contribution >= 0.6 is 11.3 Å². The molecule has 0 spiro atoms. The van der Waals surface area contributed by atoms with Crippen molar-refractivity contribution in [3.63, 3.8) is 0 Å². The van der Waals surface area contributed by atoms with Crippen LogP contribution in [0.3, 0.4) is 0 Å². The Morgan fingerprint density at radius 1 is 1.31 bits per heavy atom. The maximum Gasteiger partial charge on any atom is 0.0377 e. The average Bonchev–Trinajstić information content (AvgIpc) is 2.47. The molecule has 0 aliphatic heterocycles. The Balaban J connectivity index is 2.60. The smallest absolute Gasteiger partial charge is 0.0377 e. The van der Waals surface area contributed by atoms with Crippen LogP contribution in [0.25, 0.3) is 10.1 Å². The van der Waals surface area contributed by atoms with E-state index in [-0.39, 0.29) is 0 Å². The van der Waals surface area contributed by atoms with E-state index < -0.39 is 0 Å². The normalized spacial score (nSPS) is 10.9. The Kier molecular flexibility index (Phi) is 2.36. The minimum atomic E-state index is 1.21. The Hall–Kier alpha value is -0.820. The van der Waals surface area contributed by atoms with Gasteiger partial charge in [0.05, 0.1) is 0 Å². The predicted molar refractivity (Wildman–Crippen MR) is 60.6 cm³/mol. The molecule has 1 aromatic carbocycles. The number of fused-ring (bicyclic) bond motifs is 1. The Morgan fingerprint density at radius 2 is 2.15 bits per heavy atom. The summed E-state index contributed by atoms with van der Waals surface area (Å²) in [6.07, 6.45) is 2.44. The van der Waals surface area contributed by atoms with E-state index in [9.17, 15) is 0 Å². The maximum atomic E-state index is 2.28. The quantitative estimate of drug-likeness (QED) is 0.667. The van der Waals surface area contributed by atoms with Crippen molar-refractivity contribution in [2.45, 2.75) is 26.7 Å². The fourth-order valence-corrected chi connectivity index (χ4v) is 2.77. The first kappa shape index (κ1) is 8.76. The molecule has 0 saturated carbocycles. The number of hydrogen-bond donors (Lipinski definition) is 0. The minimum absolute atomic E-state index is 1.21. The van der Waals surface area contributed by atoms with Crippen molar-refractivity contribution in [1.29, 1.82) is 0 Å². The predicted octanol–water partition coefficient (Wildman–Crippen LogP) is 4.16. The molecule has 1 heterocycles. The molecule has 0 aliphatic carbocycles. The zero-order valence-electron chi connectivity index (χ0n) is 8.13. The van der Waals surface area contributed by atoms with Gasteiger partial charge < -0.3 is 0 Å². The first-order chi connectivity index (χ1) is 6.31. The van der Waals surface area contributed by atoms with Crippen molar-refractivity contribution in [1.82, 2.24) is 0 Å². The van der Waals surface area contributed by atoms with Gasteiger partial charge in [0.25, 0.3) is 0 Å². The van der Waals surface area contributed by atoms with Crippen molar-refractivity contribution in [3.8, 4) is 0 Å². The molecule has 0 unspecified atom stereocenters. The lowest BCUT2D eigenvalue weighted by atomic mass is 10.1. The van der Waals surface area contributed by atoms with Crippen molar-refractivity contribution >= 4 is 21.4 Å². The molecule has 68 valence electrons. The third-order valence-electron chi connectivity index (χ3n) is 2.27. The zero-order valence-corrected chi connectivity index (χ0v) is 8.95. The third-order valence-corrected chi connectivity index (χ3v) is 3.41. The van der Waals surface area contributed by atoms with Crippen LogP contribution in [0.1, 0.15) is 23.8 Å². The highest BCUT2D eigenvalue weighted by Crippen LogP contribution is 2.28. The molecule has 0 amide bonds. The molecule has 2 aromatic rings. The van der Waals surface area contributed by atoms with E-state index in [1.165, 1.54) is 33.4 Å². The molecule has 0 nitrogen and oxygen atoms in total. The molecule has 0 saturated heterocycles. The molecule has 0 fully saturated rings. The van der Waals surface area contributed by atoms with E-state index >= 15 is 0 Å². The molecule has 0 aliphatic rings. The van der Waals surface area contributed by atoms with E-state index in [0.29, 0.717) is 0 Å². The second-order valence-electron chi connectivity index (χ2n) is 3.44. The van der Waals surface area contributed by atoms with Crippen molar-refractivity contribution in [2.75, 3.05) is 0 Å². The monoisotopic (exact) mass is 190 g/mol. The summed E-state index contributed by atoms with van der Waals surface area (Å²) < 4.78 is 1.49. The van der Waals surface area contributed by atoms with Crippen LogP contribution in [0.5, 0.6) is 0 Å². The number of thiophene rings is 1. The van der Waals surface area contributed by atoms with Gasteiger partial charge in [0.2, 0.25) is 0 Å². The van der Waals surface area contributed by atoms with Crippen LogP contribution in [0.2, 0.25) is 0 Å².